The third kappa shape index (κ3) is 4.44. The third-order valence-electron chi connectivity index (χ3n) is 6.18. The lowest BCUT2D eigenvalue weighted by molar-refractivity contribution is 0.843. The van der Waals surface area contributed by atoms with Gasteiger partial charge >= 0.3 is 0 Å². The fourth-order valence-corrected chi connectivity index (χ4v) is 4.36. The second-order valence-corrected chi connectivity index (χ2v) is 8.30. The zero-order chi connectivity index (χ0) is 26.5. The highest BCUT2D eigenvalue weighted by atomic mass is 15.4. The summed E-state index contributed by atoms with van der Waals surface area (Å²) in [5.74, 6) is 0. The van der Waals surface area contributed by atoms with E-state index in [1.807, 2.05) is 88.6 Å². The van der Waals surface area contributed by atoms with Crippen molar-refractivity contribution in [1.29, 1.82) is 0 Å². The average molecular weight is 498 g/mol. The summed E-state index contributed by atoms with van der Waals surface area (Å²) >= 11 is 0. The molecule has 2 N–H and O–H groups in total. The van der Waals surface area contributed by atoms with E-state index in [0.717, 1.165) is 50.7 Å². The van der Waals surface area contributed by atoms with Gasteiger partial charge in [-0.15, -0.1) is 10.2 Å². The van der Waals surface area contributed by atoms with Gasteiger partial charge in [-0.25, -0.2) is 0 Å². The van der Waals surface area contributed by atoms with Crippen LogP contribution in [0.3, 0.4) is 0 Å². The summed E-state index contributed by atoms with van der Waals surface area (Å²) in [4.78, 5) is 7.79. The summed E-state index contributed by atoms with van der Waals surface area (Å²) in [5, 5.41) is 11.9. The lowest BCUT2D eigenvalue weighted by Gasteiger charge is -2.07. The van der Waals surface area contributed by atoms with E-state index in [1.165, 1.54) is 0 Å². The molecule has 186 valence electrons. The zero-order valence-corrected chi connectivity index (χ0v) is 20.9. The molecule has 0 unspecified atom stereocenters. The number of nitrogens with one attached hydrogen (secondary N) is 2. The van der Waals surface area contributed by atoms with Crippen LogP contribution in [0.25, 0.3) is 52.9 Å². The molecule has 38 heavy (non-hydrogen) atoms. The summed E-state index contributed by atoms with van der Waals surface area (Å²) in [5.41, 5.74) is 8.84. The lowest BCUT2D eigenvalue weighted by Crippen LogP contribution is -2.05. The van der Waals surface area contributed by atoms with E-state index in [4.69, 9.17) is 0 Å². The van der Waals surface area contributed by atoms with Crippen molar-refractivity contribution in [3.63, 3.8) is 0 Å². The van der Waals surface area contributed by atoms with Gasteiger partial charge in [0.2, 0.25) is 0 Å². The molecule has 0 saturated heterocycles. The predicted octanol–water partition coefficient (Wildman–Crippen LogP) is 6.62. The number of allylic oxidation sites excluding steroid dienone is 3. The Hall–Kier alpha value is -5.43. The first-order valence-electron chi connectivity index (χ1n) is 12.0. The number of fused-ring (bicyclic) bond motifs is 2. The Morgan fingerprint density at radius 3 is 2.58 bits per heavy atom. The molecule has 0 aliphatic carbocycles. The minimum atomic E-state index is 0.705. The minimum absolute atomic E-state index is 0.705. The lowest BCUT2D eigenvalue weighted by atomic mass is 10.1. The van der Waals surface area contributed by atoms with Gasteiger partial charge in [-0.3, -0.25) is 14.2 Å². The minimum Gasteiger partial charge on any atom is -0.361 e. The Morgan fingerprint density at radius 2 is 1.84 bits per heavy atom. The van der Waals surface area contributed by atoms with Crippen molar-refractivity contribution in [2.75, 3.05) is 0 Å². The van der Waals surface area contributed by atoms with E-state index >= 15 is 0 Å². The largest absolute Gasteiger partial charge is 0.361 e. The molecule has 7 nitrogen and oxygen atoms in total. The molecule has 2 aliphatic heterocycles. The molecule has 5 rings (SSSR count). The Morgan fingerprint density at radius 1 is 0.947 bits per heavy atom. The van der Waals surface area contributed by atoms with Crippen molar-refractivity contribution < 1.29 is 0 Å². The van der Waals surface area contributed by atoms with Gasteiger partial charge in [-0.05, 0) is 60.7 Å². The first-order valence-corrected chi connectivity index (χ1v) is 12.0. The standard InChI is InChI=1S/C31H27N7/c1-5-23(27-11-9-17-32-27)26(7-3)33-18-15-28-25-14-13-22(34-21-29(25)36-35-28)16-20-38-30(8-4)24(6-2)31-12-10-19-37(31)38/h5-21,32-33H,1-4H2/b18-15+,20-16+,26-23-. The van der Waals surface area contributed by atoms with Gasteiger partial charge in [-0.1, -0.05) is 38.5 Å². The van der Waals surface area contributed by atoms with Gasteiger partial charge in [0, 0.05) is 52.9 Å². The van der Waals surface area contributed by atoms with Crippen LogP contribution in [0, 0.1) is 0 Å². The maximum Gasteiger partial charge on any atom is 0.113 e. The Labute approximate surface area is 221 Å². The summed E-state index contributed by atoms with van der Waals surface area (Å²) < 4.78 is 4.06. The number of hydrogen-bond donors (Lipinski definition) is 2. The smallest absolute Gasteiger partial charge is 0.113 e. The molecular weight excluding hydrogens is 470 g/mol. The number of aromatic amines is 1. The summed E-state index contributed by atoms with van der Waals surface area (Å²) in [6, 6.07) is 11.9. The van der Waals surface area contributed by atoms with Crippen LogP contribution in [0.4, 0.5) is 0 Å². The van der Waals surface area contributed by atoms with Gasteiger partial charge < -0.3 is 10.3 Å². The second-order valence-electron chi connectivity index (χ2n) is 8.30. The van der Waals surface area contributed by atoms with Crippen LogP contribution < -0.4 is 5.32 Å². The van der Waals surface area contributed by atoms with E-state index in [0.29, 0.717) is 5.69 Å². The molecule has 0 radical (unpaired) electrons. The molecule has 0 atom stereocenters. The van der Waals surface area contributed by atoms with Crippen LogP contribution in [-0.2, 0) is 0 Å². The molecule has 2 aliphatic rings. The normalized spacial score (nSPS) is 12.3. The SMILES string of the molecule is C=C/C(N/C=C/c1nnc2cnc(/C=C/n3c(C=C)c(C=C)c4cccn43)ccc1-2)=C(\C=C)c1ccc[nH]1. The highest BCUT2D eigenvalue weighted by Crippen LogP contribution is 2.25. The second kappa shape index (κ2) is 10.7. The highest BCUT2D eigenvalue weighted by molar-refractivity contribution is 5.79. The summed E-state index contributed by atoms with van der Waals surface area (Å²) in [6.07, 6.45) is 20.4. The summed E-state index contributed by atoms with van der Waals surface area (Å²) in [6.45, 7) is 15.8. The topological polar surface area (TPSA) is 75.8 Å². The van der Waals surface area contributed by atoms with Crippen LogP contribution in [0.1, 0.15) is 28.3 Å². The fourth-order valence-electron chi connectivity index (χ4n) is 4.36. The molecule has 0 bridgehead atoms. The number of rotatable bonds is 10. The van der Waals surface area contributed by atoms with Crippen LogP contribution in [-0.4, -0.2) is 29.4 Å². The van der Waals surface area contributed by atoms with Crippen molar-refractivity contribution >= 4 is 41.6 Å². The van der Waals surface area contributed by atoms with Crippen LogP contribution in [0.5, 0.6) is 0 Å². The molecule has 0 amide bonds. The van der Waals surface area contributed by atoms with E-state index < -0.39 is 0 Å². The molecule has 0 fully saturated rings. The molecule has 5 heterocycles. The van der Waals surface area contributed by atoms with Gasteiger partial charge in [-0.2, -0.15) is 0 Å². The molecule has 0 aromatic carbocycles. The van der Waals surface area contributed by atoms with Crippen molar-refractivity contribution in [2.45, 2.75) is 0 Å². The summed E-state index contributed by atoms with van der Waals surface area (Å²) in [7, 11) is 0. The van der Waals surface area contributed by atoms with Crippen LogP contribution >= 0.6 is 0 Å². The van der Waals surface area contributed by atoms with Gasteiger partial charge in [0.1, 0.15) is 5.69 Å². The Balaban J connectivity index is 1.41. The predicted molar refractivity (Wildman–Crippen MR) is 158 cm³/mol. The third-order valence-corrected chi connectivity index (χ3v) is 6.18. The Kier molecular flexibility index (Phi) is 6.82. The number of aromatic nitrogens is 6. The molecule has 0 saturated carbocycles. The molecule has 7 heteroatoms. The van der Waals surface area contributed by atoms with Crippen LogP contribution in [0.15, 0.2) is 105 Å². The van der Waals surface area contributed by atoms with Crippen molar-refractivity contribution in [3.8, 4) is 11.3 Å². The van der Waals surface area contributed by atoms with Crippen molar-refractivity contribution in [3.05, 3.63) is 134 Å². The van der Waals surface area contributed by atoms with Gasteiger partial charge in [0.15, 0.2) is 0 Å². The molecule has 3 aromatic rings. The fraction of sp³-hybridized carbons (Fsp3) is 0. The van der Waals surface area contributed by atoms with E-state index in [9.17, 15) is 0 Å². The number of H-pyrrole nitrogens is 1. The van der Waals surface area contributed by atoms with E-state index in [2.05, 4.69) is 57.9 Å². The zero-order valence-electron chi connectivity index (χ0n) is 20.9. The number of hydrogen-bond acceptors (Lipinski definition) is 4. The van der Waals surface area contributed by atoms with Gasteiger partial charge in [0.25, 0.3) is 0 Å². The van der Waals surface area contributed by atoms with E-state index in [-0.39, 0.29) is 0 Å². The number of nitrogens with zero attached hydrogens (tertiary/aromatic N) is 5. The highest BCUT2D eigenvalue weighted by Gasteiger charge is 2.12. The van der Waals surface area contributed by atoms with E-state index in [1.54, 1.807) is 18.3 Å². The van der Waals surface area contributed by atoms with Crippen LogP contribution in [0.2, 0.25) is 0 Å². The van der Waals surface area contributed by atoms with Crippen molar-refractivity contribution in [2.24, 2.45) is 0 Å². The molecular formula is C31H27N7. The first kappa shape index (κ1) is 24.3. The quantitative estimate of drug-likeness (QED) is 0.213. The van der Waals surface area contributed by atoms with Gasteiger partial charge in [0.05, 0.1) is 28.8 Å². The average Bonchev–Trinajstić information content (AvgIpc) is 3.72. The Bertz CT molecular complexity index is 1700. The molecule has 3 aromatic heterocycles. The first-order chi connectivity index (χ1) is 18.7. The maximum atomic E-state index is 4.60. The monoisotopic (exact) mass is 497 g/mol. The van der Waals surface area contributed by atoms with Crippen molar-refractivity contribution in [1.82, 2.24) is 34.7 Å². The molecule has 0 spiro atoms. The maximum absolute atomic E-state index is 4.60.